The highest BCUT2D eigenvalue weighted by atomic mass is 79.9. The number of hydrogen-bond donors (Lipinski definition) is 1. The van der Waals surface area contributed by atoms with Crippen LogP contribution in [-0.2, 0) is 4.79 Å². The maximum Gasteiger partial charge on any atom is 0.262 e. The van der Waals surface area contributed by atoms with Crippen molar-refractivity contribution in [1.29, 1.82) is 0 Å². The smallest absolute Gasteiger partial charge is 0.262 e. The number of halogens is 3. The van der Waals surface area contributed by atoms with Crippen LogP contribution in [0.1, 0.15) is 23.7 Å². The molecule has 0 aliphatic heterocycles. The second-order valence-corrected chi connectivity index (χ2v) is 5.74. The van der Waals surface area contributed by atoms with E-state index in [1.54, 1.807) is 31.2 Å². The number of ketones is 1. The summed E-state index contributed by atoms with van der Waals surface area (Å²) >= 11 is 2.98. The first-order valence-corrected chi connectivity index (χ1v) is 7.90. The van der Waals surface area contributed by atoms with Crippen molar-refractivity contribution in [2.24, 2.45) is 0 Å². The van der Waals surface area contributed by atoms with Gasteiger partial charge in [-0.05, 0) is 46.3 Å². The van der Waals surface area contributed by atoms with Gasteiger partial charge in [0.25, 0.3) is 5.91 Å². The molecule has 0 radical (unpaired) electrons. The van der Waals surface area contributed by atoms with E-state index in [0.29, 0.717) is 23.8 Å². The molecule has 4 nitrogen and oxygen atoms in total. The average Bonchev–Trinajstić information content (AvgIpc) is 2.56. The Kier molecular flexibility index (Phi) is 6.03. The van der Waals surface area contributed by atoms with E-state index < -0.39 is 17.5 Å². The molecule has 2 rings (SSSR count). The van der Waals surface area contributed by atoms with Gasteiger partial charge in [-0.15, -0.1) is 0 Å². The summed E-state index contributed by atoms with van der Waals surface area (Å²) in [4.78, 5) is 23.3. The summed E-state index contributed by atoms with van der Waals surface area (Å²) in [5.41, 5.74) is 0.403. The van der Waals surface area contributed by atoms with Crippen molar-refractivity contribution in [1.82, 2.24) is 0 Å². The number of ether oxygens (including phenoxy) is 1. The number of amides is 1. The molecular formula is C17H14BrF2NO3. The largest absolute Gasteiger partial charge is 0.484 e. The average molecular weight is 398 g/mol. The Morgan fingerprint density at radius 1 is 1.17 bits per heavy atom. The monoisotopic (exact) mass is 397 g/mol. The summed E-state index contributed by atoms with van der Waals surface area (Å²) in [6.45, 7) is 1.41. The summed E-state index contributed by atoms with van der Waals surface area (Å²) < 4.78 is 32.0. The van der Waals surface area contributed by atoms with Crippen LogP contribution in [0.5, 0.6) is 5.75 Å². The number of carbonyl (C=O) groups excluding carboxylic acids is 2. The minimum atomic E-state index is -0.891. The van der Waals surface area contributed by atoms with Crippen LogP contribution in [0.15, 0.2) is 40.9 Å². The Morgan fingerprint density at radius 3 is 2.42 bits per heavy atom. The number of Topliss-reactive ketones (excluding diaryl/α,β-unsaturated/α-hetero) is 1. The molecule has 0 fully saturated rings. The molecule has 0 aliphatic carbocycles. The van der Waals surface area contributed by atoms with Gasteiger partial charge in [-0.2, -0.15) is 0 Å². The highest BCUT2D eigenvalue weighted by Crippen LogP contribution is 2.26. The molecule has 0 aliphatic rings. The lowest BCUT2D eigenvalue weighted by atomic mass is 10.1. The fourth-order valence-corrected chi connectivity index (χ4v) is 2.43. The zero-order chi connectivity index (χ0) is 17.7. The van der Waals surface area contributed by atoms with Crippen molar-refractivity contribution in [2.75, 3.05) is 11.9 Å². The van der Waals surface area contributed by atoms with Crippen molar-refractivity contribution in [2.45, 2.75) is 13.3 Å². The molecule has 1 amide bonds. The van der Waals surface area contributed by atoms with Crippen LogP contribution in [0.3, 0.4) is 0 Å². The van der Waals surface area contributed by atoms with Crippen LogP contribution >= 0.6 is 15.9 Å². The van der Waals surface area contributed by atoms with Gasteiger partial charge < -0.3 is 10.1 Å². The molecule has 0 bridgehead atoms. The summed E-state index contributed by atoms with van der Waals surface area (Å²) in [5.74, 6) is -1.84. The van der Waals surface area contributed by atoms with Gasteiger partial charge in [0.1, 0.15) is 11.6 Å². The maximum absolute atomic E-state index is 13.6. The quantitative estimate of drug-likeness (QED) is 0.737. The molecule has 0 saturated heterocycles. The number of rotatable bonds is 6. The van der Waals surface area contributed by atoms with Crippen molar-refractivity contribution < 1.29 is 23.1 Å². The Bertz CT molecular complexity index is 740. The number of anilines is 1. The Labute approximate surface area is 145 Å². The minimum Gasteiger partial charge on any atom is -0.484 e. The highest BCUT2D eigenvalue weighted by molar-refractivity contribution is 9.10. The number of hydrogen-bond acceptors (Lipinski definition) is 3. The highest BCUT2D eigenvalue weighted by Gasteiger charge is 2.13. The van der Waals surface area contributed by atoms with E-state index in [0.717, 1.165) is 6.07 Å². The second kappa shape index (κ2) is 8.01. The van der Waals surface area contributed by atoms with E-state index in [4.69, 9.17) is 4.74 Å². The number of carbonyl (C=O) groups is 2. The summed E-state index contributed by atoms with van der Waals surface area (Å²) in [6, 6.07) is 8.08. The third-order valence-corrected chi connectivity index (χ3v) is 3.76. The molecule has 1 N–H and O–H groups in total. The molecule has 24 heavy (non-hydrogen) atoms. The molecular weight excluding hydrogens is 384 g/mol. The van der Waals surface area contributed by atoms with Gasteiger partial charge in [0, 0.05) is 22.5 Å². The van der Waals surface area contributed by atoms with E-state index >= 15 is 0 Å². The first-order valence-electron chi connectivity index (χ1n) is 7.11. The fraction of sp³-hybridized carbons (Fsp3) is 0.176. The predicted molar refractivity (Wildman–Crippen MR) is 89.2 cm³/mol. The van der Waals surface area contributed by atoms with Gasteiger partial charge in [-0.3, -0.25) is 9.59 Å². The van der Waals surface area contributed by atoms with Gasteiger partial charge in [-0.25, -0.2) is 8.78 Å². The van der Waals surface area contributed by atoms with Gasteiger partial charge in [-0.1, -0.05) is 6.92 Å². The molecule has 0 atom stereocenters. The summed E-state index contributed by atoms with van der Waals surface area (Å²) in [5, 5.41) is 2.31. The lowest BCUT2D eigenvalue weighted by Gasteiger charge is -2.10. The minimum absolute atomic E-state index is 0.0101. The maximum atomic E-state index is 13.6. The van der Waals surface area contributed by atoms with Crippen LogP contribution in [0.2, 0.25) is 0 Å². The van der Waals surface area contributed by atoms with Crippen molar-refractivity contribution in [3.8, 4) is 5.75 Å². The zero-order valence-electron chi connectivity index (χ0n) is 12.7. The van der Waals surface area contributed by atoms with Crippen LogP contribution in [0.4, 0.5) is 14.5 Å². The molecule has 2 aromatic carbocycles. The van der Waals surface area contributed by atoms with E-state index in [1.807, 2.05) is 0 Å². The summed E-state index contributed by atoms with van der Waals surface area (Å²) in [7, 11) is 0. The van der Waals surface area contributed by atoms with Crippen molar-refractivity contribution in [3.63, 3.8) is 0 Å². The Morgan fingerprint density at radius 2 is 1.83 bits per heavy atom. The zero-order valence-corrected chi connectivity index (χ0v) is 14.3. The summed E-state index contributed by atoms with van der Waals surface area (Å²) in [6.07, 6.45) is 0.403. The number of benzene rings is 2. The van der Waals surface area contributed by atoms with Gasteiger partial charge in [0.05, 0.1) is 5.69 Å². The third-order valence-electron chi connectivity index (χ3n) is 3.14. The van der Waals surface area contributed by atoms with E-state index in [2.05, 4.69) is 21.2 Å². The van der Waals surface area contributed by atoms with Crippen molar-refractivity contribution in [3.05, 3.63) is 58.1 Å². The first-order chi connectivity index (χ1) is 11.4. The Balaban J connectivity index is 1.95. The van der Waals surface area contributed by atoms with Crippen LogP contribution in [0.25, 0.3) is 0 Å². The molecule has 0 unspecified atom stereocenters. The van der Waals surface area contributed by atoms with Gasteiger partial charge in [0.15, 0.2) is 18.2 Å². The molecule has 0 spiro atoms. The number of nitrogens with one attached hydrogen (secondary N) is 1. The van der Waals surface area contributed by atoms with E-state index in [9.17, 15) is 18.4 Å². The normalized spacial score (nSPS) is 10.3. The SMILES string of the molecule is CCC(=O)c1ccc(OCC(=O)Nc2c(F)cc(F)cc2Br)cc1. The van der Waals surface area contributed by atoms with Crippen LogP contribution < -0.4 is 10.1 Å². The van der Waals surface area contributed by atoms with Crippen LogP contribution in [-0.4, -0.2) is 18.3 Å². The topological polar surface area (TPSA) is 55.4 Å². The molecule has 126 valence electrons. The fourth-order valence-electron chi connectivity index (χ4n) is 1.93. The molecule has 2 aromatic rings. The van der Waals surface area contributed by atoms with Gasteiger partial charge >= 0.3 is 0 Å². The Hall–Kier alpha value is -2.28. The first kappa shape index (κ1) is 18.1. The van der Waals surface area contributed by atoms with E-state index in [-0.39, 0.29) is 22.6 Å². The standard InChI is InChI=1S/C17H14BrF2NO3/c1-2-15(22)10-3-5-12(6-4-10)24-9-16(23)21-17-13(18)7-11(19)8-14(17)20/h3-8H,2,9H2,1H3,(H,21,23). The second-order valence-electron chi connectivity index (χ2n) is 4.88. The van der Waals surface area contributed by atoms with Gasteiger partial charge in [0.2, 0.25) is 0 Å². The molecule has 0 saturated carbocycles. The van der Waals surface area contributed by atoms with Crippen LogP contribution in [0, 0.1) is 11.6 Å². The third kappa shape index (κ3) is 4.61. The van der Waals surface area contributed by atoms with Crippen molar-refractivity contribution >= 4 is 33.3 Å². The predicted octanol–water partition coefficient (Wildman–Crippen LogP) is 4.34. The molecule has 7 heteroatoms. The lowest BCUT2D eigenvalue weighted by Crippen LogP contribution is -2.21. The molecule has 0 heterocycles. The molecule has 0 aromatic heterocycles. The lowest BCUT2D eigenvalue weighted by molar-refractivity contribution is -0.118. The van der Waals surface area contributed by atoms with E-state index in [1.165, 1.54) is 0 Å².